The van der Waals surface area contributed by atoms with Gasteiger partial charge in [-0.1, -0.05) is 6.42 Å². The van der Waals surface area contributed by atoms with Gasteiger partial charge in [0.05, 0.1) is 5.39 Å². The van der Waals surface area contributed by atoms with Crippen molar-refractivity contribution in [2.45, 2.75) is 24.0 Å². The number of thioether (sulfide) groups is 1. The van der Waals surface area contributed by atoms with Gasteiger partial charge in [-0.2, -0.15) is 16.7 Å². The minimum Gasteiger partial charge on any atom is -0.368 e. The maximum atomic E-state index is 4.55. The molecule has 0 radical (unpaired) electrons. The number of nitrogens with zero attached hydrogens (tertiary/aromatic N) is 2. The van der Waals surface area contributed by atoms with Crippen molar-refractivity contribution in [3.63, 3.8) is 0 Å². The highest BCUT2D eigenvalue weighted by Crippen LogP contribution is 2.43. The monoisotopic (exact) mass is 294 g/mol. The van der Waals surface area contributed by atoms with Gasteiger partial charge in [-0.25, -0.2) is 4.98 Å². The zero-order valence-electron chi connectivity index (χ0n) is 11.2. The Labute approximate surface area is 121 Å². The first-order chi connectivity index (χ1) is 9.26. The molecule has 0 amide bonds. The Bertz CT molecular complexity index is 572. The molecule has 2 heterocycles. The van der Waals surface area contributed by atoms with Crippen LogP contribution in [0, 0.1) is 0 Å². The van der Waals surface area contributed by atoms with Crippen LogP contribution in [0.25, 0.3) is 10.2 Å². The van der Waals surface area contributed by atoms with Crippen molar-refractivity contribution in [2.75, 3.05) is 30.5 Å². The first-order valence-corrected chi connectivity index (χ1v) is 8.59. The summed E-state index contributed by atoms with van der Waals surface area (Å²) in [7, 11) is 1.86. The van der Waals surface area contributed by atoms with E-state index < -0.39 is 0 Å². The van der Waals surface area contributed by atoms with Crippen LogP contribution in [0.15, 0.2) is 11.4 Å². The molecule has 1 aliphatic rings. The van der Waals surface area contributed by atoms with E-state index >= 15 is 0 Å². The van der Waals surface area contributed by atoms with E-state index in [1.807, 2.05) is 18.8 Å². The van der Waals surface area contributed by atoms with Crippen molar-refractivity contribution in [1.82, 2.24) is 9.97 Å². The van der Waals surface area contributed by atoms with Gasteiger partial charge in [0.2, 0.25) is 5.95 Å². The molecule has 2 aromatic heterocycles. The number of anilines is 2. The van der Waals surface area contributed by atoms with E-state index in [9.17, 15) is 0 Å². The van der Waals surface area contributed by atoms with Gasteiger partial charge < -0.3 is 10.6 Å². The summed E-state index contributed by atoms with van der Waals surface area (Å²) >= 11 is 3.63. The molecule has 2 aromatic rings. The number of thiophene rings is 1. The van der Waals surface area contributed by atoms with Crippen molar-refractivity contribution in [2.24, 2.45) is 0 Å². The minimum absolute atomic E-state index is 0.410. The fourth-order valence-corrected chi connectivity index (χ4v) is 4.05. The van der Waals surface area contributed by atoms with Gasteiger partial charge in [0.1, 0.15) is 10.6 Å². The third-order valence-electron chi connectivity index (χ3n) is 3.82. The highest BCUT2D eigenvalue weighted by atomic mass is 32.2. The van der Waals surface area contributed by atoms with E-state index in [1.165, 1.54) is 19.3 Å². The maximum absolute atomic E-state index is 4.55. The lowest BCUT2D eigenvalue weighted by Crippen LogP contribution is -2.40. The molecule has 6 heteroatoms. The van der Waals surface area contributed by atoms with Crippen LogP contribution >= 0.6 is 23.1 Å². The van der Waals surface area contributed by atoms with Crippen molar-refractivity contribution in [1.29, 1.82) is 0 Å². The zero-order chi connectivity index (χ0) is 13.3. The number of rotatable bonds is 5. The molecule has 0 aromatic carbocycles. The Hall–Kier alpha value is -1.01. The molecular weight excluding hydrogens is 276 g/mol. The summed E-state index contributed by atoms with van der Waals surface area (Å²) in [6, 6.07) is 2.09. The quantitative estimate of drug-likeness (QED) is 0.885. The van der Waals surface area contributed by atoms with Crippen molar-refractivity contribution in [3.05, 3.63) is 11.4 Å². The Morgan fingerprint density at radius 1 is 1.42 bits per heavy atom. The van der Waals surface area contributed by atoms with Crippen LogP contribution in [-0.2, 0) is 0 Å². The van der Waals surface area contributed by atoms with Crippen molar-refractivity contribution in [3.8, 4) is 0 Å². The van der Waals surface area contributed by atoms with Gasteiger partial charge in [-0.15, -0.1) is 11.3 Å². The van der Waals surface area contributed by atoms with Crippen molar-refractivity contribution < 1.29 is 0 Å². The SMILES string of the molecule is CNc1nc(NCC2(SC)CCC2)c2ccsc2n1. The van der Waals surface area contributed by atoms with Crippen LogP contribution in [0.5, 0.6) is 0 Å². The van der Waals surface area contributed by atoms with E-state index in [4.69, 9.17) is 0 Å². The summed E-state index contributed by atoms with van der Waals surface area (Å²) in [6.07, 6.45) is 6.16. The lowest BCUT2D eigenvalue weighted by molar-refractivity contribution is 0.380. The third kappa shape index (κ3) is 2.39. The van der Waals surface area contributed by atoms with Crippen LogP contribution < -0.4 is 10.6 Å². The predicted octanol–water partition coefficient (Wildman–Crippen LogP) is 3.43. The topological polar surface area (TPSA) is 49.8 Å². The van der Waals surface area contributed by atoms with Gasteiger partial charge in [0.15, 0.2) is 0 Å². The lowest BCUT2D eigenvalue weighted by Gasteiger charge is -2.40. The van der Waals surface area contributed by atoms with Crippen molar-refractivity contribution >= 4 is 45.1 Å². The molecule has 2 N–H and O–H groups in total. The highest BCUT2D eigenvalue weighted by Gasteiger charge is 2.36. The summed E-state index contributed by atoms with van der Waals surface area (Å²) in [6.45, 7) is 0.985. The molecule has 0 atom stereocenters. The molecule has 3 rings (SSSR count). The number of hydrogen-bond acceptors (Lipinski definition) is 6. The zero-order valence-corrected chi connectivity index (χ0v) is 12.8. The molecule has 1 saturated carbocycles. The molecule has 4 nitrogen and oxygen atoms in total. The van der Waals surface area contributed by atoms with Crippen LogP contribution in [0.4, 0.5) is 11.8 Å². The van der Waals surface area contributed by atoms with Crippen LogP contribution in [0.1, 0.15) is 19.3 Å². The van der Waals surface area contributed by atoms with E-state index in [0.717, 1.165) is 22.6 Å². The average molecular weight is 294 g/mol. The second-order valence-corrected chi connectivity index (χ2v) is 7.05. The molecule has 0 unspecified atom stereocenters. The summed E-state index contributed by atoms with van der Waals surface area (Å²) in [5.74, 6) is 1.64. The van der Waals surface area contributed by atoms with Crippen LogP contribution in [0.3, 0.4) is 0 Å². The van der Waals surface area contributed by atoms with Gasteiger partial charge in [0.25, 0.3) is 0 Å². The predicted molar refractivity (Wildman–Crippen MR) is 85.5 cm³/mol. The second-order valence-electron chi connectivity index (χ2n) is 4.88. The van der Waals surface area contributed by atoms with Crippen LogP contribution in [-0.4, -0.2) is 34.6 Å². The van der Waals surface area contributed by atoms with E-state index in [-0.39, 0.29) is 0 Å². The molecular formula is C13H18N4S2. The Balaban J connectivity index is 1.85. The molecule has 1 aliphatic carbocycles. The van der Waals surface area contributed by atoms with E-state index in [0.29, 0.717) is 10.7 Å². The largest absolute Gasteiger partial charge is 0.368 e. The Morgan fingerprint density at radius 3 is 2.89 bits per heavy atom. The number of aromatic nitrogens is 2. The molecule has 102 valence electrons. The highest BCUT2D eigenvalue weighted by molar-refractivity contribution is 8.00. The van der Waals surface area contributed by atoms with Gasteiger partial charge in [-0.05, 0) is 30.5 Å². The Kier molecular flexibility index (Phi) is 3.54. The third-order valence-corrected chi connectivity index (χ3v) is 6.05. The standard InChI is InChI=1S/C13H18N4S2/c1-14-12-16-10(9-4-7-19-11(9)17-12)15-8-13(18-2)5-3-6-13/h4,7H,3,5-6,8H2,1-2H3,(H2,14,15,16,17). The maximum Gasteiger partial charge on any atom is 0.225 e. The van der Waals surface area contributed by atoms with Crippen LogP contribution in [0.2, 0.25) is 0 Å². The fraction of sp³-hybridized carbons (Fsp3) is 0.538. The van der Waals surface area contributed by atoms with E-state index in [1.54, 1.807) is 11.3 Å². The summed E-state index contributed by atoms with van der Waals surface area (Å²) in [4.78, 5) is 10.1. The molecule has 0 aliphatic heterocycles. The summed E-state index contributed by atoms with van der Waals surface area (Å²) < 4.78 is 0.410. The van der Waals surface area contributed by atoms with Gasteiger partial charge in [0, 0.05) is 18.3 Å². The number of fused-ring (bicyclic) bond motifs is 1. The first-order valence-electron chi connectivity index (χ1n) is 6.48. The molecule has 19 heavy (non-hydrogen) atoms. The lowest BCUT2D eigenvalue weighted by atomic mass is 9.84. The molecule has 0 saturated heterocycles. The fourth-order valence-electron chi connectivity index (χ4n) is 2.37. The average Bonchev–Trinajstić information content (AvgIpc) is 2.85. The number of hydrogen-bond donors (Lipinski definition) is 2. The summed E-state index contributed by atoms with van der Waals surface area (Å²) in [5, 5.41) is 9.76. The molecule has 1 fully saturated rings. The minimum atomic E-state index is 0.410. The van der Waals surface area contributed by atoms with Gasteiger partial charge in [-0.3, -0.25) is 0 Å². The summed E-state index contributed by atoms with van der Waals surface area (Å²) in [5.41, 5.74) is 0. The number of nitrogens with one attached hydrogen (secondary N) is 2. The molecule has 0 spiro atoms. The smallest absolute Gasteiger partial charge is 0.225 e. The second kappa shape index (κ2) is 5.17. The van der Waals surface area contributed by atoms with E-state index in [2.05, 4.69) is 38.3 Å². The first kappa shape index (κ1) is 13.0. The molecule has 0 bridgehead atoms. The Morgan fingerprint density at radius 2 is 2.26 bits per heavy atom. The normalized spacial score (nSPS) is 17.2. The van der Waals surface area contributed by atoms with Gasteiger partial charge >= 0.3 is 0 Å².